The van der Waals surface area contributed by atoms with Gasteiger partial charge in [0.2, 0.25) is 0 Å². The quantitative estimate of drug-likeness (QED) is 0.918. The van der Waals surface area contributed by atoms with Crippen molar-refractivity contribution in [2.45, 2.75) is 38.1 Å². The minimum atomic E-state index is 0.00702. The molecular weight excluding hydrogens is 314 g/mol. The molecule has 0 spiro atoms. The number of nitrogens with zero attached hydrogens (tertiary/aromatic N) is 2. The summed E-state index contributed by atoms with van der Waals surface area (Å²) in [5.41, 5.74) is 1.63. The van der Waals surface area contributed by atoms with E-state index in [0.29, 0.717) is 23.6 Å². The number of hydrogen-bond acceptors (Lipinski definition) is 4. The van der Waals surface area contributed by atoms with Crippen molar-refractivity contribution < 1.29 is 9.53 Å². The molecule has 4 saturated carbocycles. The number of carbonyl (C=O) groups excluding carboxylic acids is 1. The van der Waals surface area contributed by atoms with Gasteiger partial charge in [-0.3, -0.25) is 9.78 Å². The van der Waals surface area contributed by atoms with Crippen LogP contribution in [0.2, 0.25) is 0 Å². The molecule has 1 amide bonds. The number of nitrogens with one attached hydrogen (secondary N) is 1. The second kappa shape index (κ2) is 6.27. The molecular formula is C20H27N3O2. The van der Waals surface area contributed by atoms with Crippen molar-refractivity contribution in [3.8, 4) is 0 Å². The first-order valence-electron chi connectivity index (χ1n) is 9.86. The normalized spacial score (nSPS) is 36.5. The van der Waals surface area contributed by atoms with E-state index in [1.807, 2.05) is 12.1 Å². The molecule has 1 aromatic heterocycles. The number of ether oxygens (including phenoxy) is 1. The van der Waals surface area contributed by atoms with Gasteiger partial charge in [-0.1, -0.05) is 0 Å². The number of hydrogen-bond donors (Lipinski definition) is 1. The van der Waals surface area contributed by atoms with Crippen LogP contribution in [-0.4, -0.2) is 43.2 Å². The predicted octanol–water partition coefficient (Wildman–Crippen LogP) is 2.47. The van der Waals surface area contributed by atoms with E-state index in [-0.39, 0.29) is 5.91 Å². The Hall–Kier alpha value is -1.62. The molecule has 0 atom stereocenters. The highest BCUT2D eigenvalue weighted by Gasteiger charge is 2.48. The number of pyridine rings is 1. The van der Waals surface area contributed by atoms with Crippen LogP contribution in [0, 0.1) is 23.7 Å². The van der Waals surface area contributed by atoms with Gasteiger partial charge in [-0.2, -0.15) is 0 Å². The molecule has 4 aliphatic carbocycles. The van der Waals surface area contributed by atoms with Crippen LogP contribution < -0.4 is 10.2 Å². The van der Waals surface area contributed by atoms with Crippen LogP contribution in [0.25, 0.3) is 0 Å². The first-order chi connectivity index (χ1) is 12.3. The van der Waals surface area contributed by atoms with Gasteiger partial charge in [-0.05, 0) is 67.9 Å². The Balaban J connectivity index is 1.30. The lowest BCUT2D eigenvalue weighted by Crippen LogP contribution is -2.55. The van der Waals surface area contributed by atoms with Gasteiger partial charge in [0.25, 0.3) is 5.91 Å². The standard InChI is InChI=1S/C20H27N3O2/c24-20(18-12-17(1-2-21-18)23-3-5-25-6-4-23)22-19-15-8-13-7-14(10-15)11-16(19)9-13/h1-2,12-16,19H,3-11H2,(H,22,24). The van der Waals surface area contributed by atoms with Gasteiger partial charge in [0.1, 0.15) is 5.69 Å². The molecule has 1 saturated heterocycles. The molecule has 6 rings (SSSR count). The minimum Gasteiger partial charge on any atom is -0.378 e. The third kappa shape index (κ3) is 2.92. The number of amides is 1. The molecule has 1 aliphatic heterocycles. The monoisotopic (exact) mass is 341 g/mol. The van der Waals surface area contributed by atoms with E-state index in [4.69, 9.17) is 4.74 Å². The molecule has 5 heteroatoms. The lowest BCUT2D eigenvalue weighted by molar-refractivity contribution is -0.0120. The van der Waals surface area contributed by atoms with E-state index in [9.17, 15) is 4.79 Å². The van der Waals surface area contributed by atoms with Gasteiger partial charge in [0, 0.05) is 31.0 Å². The van der Waals surface area contributed by atoms with Gasteiger partial charge in [-0.25, -0.2) is 0 Å². The van der Waals surface area contributed by atoms with Crippen LogP contribution in [0.15, 0.2) is 18.3 Å². The van der Waals surface area contributed by atoms with Gasteiger partial charge in [-0.15, -0.1) is 0 Å². The average Bonchev–Trinajstić information content (AvgIpc) is 2.65. The van der Waals surface area contributed by atoms with Crippen molar-refractivity contribution in [2.75, 3.05) is 31.2 Å². The topological polar surface area (TPSA) is 54.5 Å². The third-order valence-electron chi connectivity index (χ3n) is 6.88. The van der Waals surface area contributed by atoms with Gasteiger partial charge in [0.15, 0.2) is 0 Å². The average molecular weight is 341 g/mol. The van der Waals surface area contributed by atoms with Crippen LogP contribution in [0.3, 0.4) is 0 Å². The van der Waals surface area contributed by atoms with Crippen molar-refractivity contribution in [1.29, 1.82) is 0 Å². The largest absolute Gasteiger partial charge is 0.378 e. The number of morpholine rings is 1. The first-order valence-corrected chi connectivity index (χ1v) is 9.86. The first kappa shape index (κ1) is 15.6. The molecule has 0 aromatic carbocycles. The molecule has 1 N–H and O–H groups in total. The predicted molar refractivity (Wildman–Crippen MR) is 95.6 cm³/mol. The second-order valence-corrected chi connectivity index (χ2v) is 8.43. The maximum Gasteiger partial charge on any atom is 0.270 e. The summed E-state index contributed by atoms with van der Waals surface area (Å²) in [4.78, 5) is 19.5. The Kier molecular flexibility index (Phi) is 3.92. The van der Waals surface area contributed by atoms with Crippen molar-refractivity contribution >= 4 is 11.6 Å². The summed E-state index contributed by atoms with van der Waals surface area (Å²) < 4.78 is 5.42. The van der Waals surface area contributed by atoms with Crippen molar-refractivity contribution in [3.63, 3.8) is 0 Å². The highest BCUT2D eigenvalue weighted by molar-refractivity contribution is 5.93. The van der Waals surface area contributed by atoms with E-state index in [1.54, 1.807) is 6.20 Å². The Labute approximate surface area is 149 Å². The highest BCUT2D eigenvalue weighted by atomic mass is 16.5. The Morgan fingerprint density at radius 1 is 1.08 bits per heavy atom. The fourth-order valence-electron chi connectivity index (χ4n) is 5.95. The van der Waals surface area contributed by atoms with Gasteiger partial charge < -0.3 is 15.0 Å². The van der Waals surface area contributed by atoms with Crippen LogP contribution in [-0.2, 0) is 4.74 Å². The number of carbonyl (C=O) groups is 1. The number of aromatic nitrogens is 1. The summed E-state index contributed by atoms with van der Waals surface area (Å²) in [5.74, 6) is 3.26. The summed E-state index contributed by atoms with van der Waals surface area (Å²) in [6.45, 7) is 3.25. The van der Waals surface area contributed by atoms with Crippen LogP contribution >= 0.6 is 0 Å². The van der Waals surface area contributed by atoms with Crippen LogP contribution in [0.1, 0.15) is 42.6 Å². The van der Waals surface area contributed by atoms with E-state index in [1.165, 1.54) is 32.1 Å². The third-order valence-corrected chi connectivity index (χ3v) is 6.88. The Morgan fingerprint density at radius 3 is 2.44 bits per heavy atom. The smallest absolute Gasteiger partial charge is 0.270 e. The lowest BCUT2D eigenvalue weighted by Gasteiger charge is -2.54. The van der Waals surface area contributed by atoms with E-state index in [0.717, 1.165) is 43.8 Å². The molecule has 5 fully saturated rings. The molecule has 1 aromatic rings. The summed E-state index contributed by atoms with van der Waals surface area (Å²) in [5, 5.41) is 3.36. The minimum absolute atomic E-state index is 0.00702. The summed E-state index contributed by atoms with van der Waals surface area (Å²) in [6, 6.07) is 4.30. The summed E-state index contributed by atoms with van der Waals surface area (Å²) in [6.07, 6.45) is 8.48. The van der Waals surface area contributed by atoms with E-state index >= 15 is 0 Å². The molecule has 134 valence electrons. The summed E-state index contributed by atoms with van der Waals surface area (Å²) >= 11 is 0. The van der Waals surface area contributed by atoms with Crippen molar-refractivity contribution in [1.82, 2.24) is 10.3 Å². The van der Waals surface area contributed by atoms with Crippen molar-refractivity contribution in [3.05, 3.63) is 24.0 Å². The van der Waals surface area contributed by atoms with Crippen LogP contribution in [0.4, 0.5) is 5.69 Å². The molecule has 25 heavy (non-hydrogen) atoms. The van der Waals surface area contributed by atoms with Gasteiger partial charge >= 0.3 is 0 Å². The zero-order chi connectivity index (χ0) is 16.8. The lowest BCUT2D eigenvalue weighted by atomic mass is 9.54. The van der Waals surface area contributed by atoms with Gasteiger partial charge in [0.05, 0.1) is 13.2 Å². The van der Waals surface area contributed by atoms with Crippen molar-refractivity contribution in [2.24, 2.45) is 23.7 Å². The fraction of sp³-hybridized carbons (Fsp3) is 0.700. The highest BCUT2D eigenvalue weighted by Crippen LogP contribution is 2.53. The number of rotatable bonds is 3. The zero-order valence-electron chi connectivity index (χ0n) is 14.7. The van der Waals surface area contributed by atoms with E-state index < -0.39 is 0 Å². The molecule has 5 nitrogen and oxygen atoms in total. The second-order valence-electron chi connectivity index (χ2n) is 8.43. The maximum atomic E-state index is 12.9. The van der Waals surface area contributed by atoms with E-state index in [2.05, 4.69) is 15.2 Å². The fourth-order valence-corrected chi connectivity index (χ4v) is 5.95. The Morgan fingerprint density at radius 2 is 1.76 bits per heavy atom. The molecule has 5 aliphatic rings. The Bertz CT molecular complexity index is 628. The molecule has 4 bridgehead atoms. The SMILES string of the molecule is O=C(NC1C2CC3CC(C2)CC1C3)c1cc(N2CCOCC2)ccn1. The molecule has 2 heterocycles. The zero-order valence-corrected chi connectivity index (χ0v) is 14.7. The molecule has 0 unspecified atom stereocenters. The molecule has 0 radical (unpaired) electrons. The maximum absolute atomic E-state index is 12.9. The number of anilines is 1. The van der Waals surface area contributed by atoms with Crippen LogP contribution in [0.5, 0.6) is 0 Å². The summed E-state index contributed by atoms with van der Waals surface area (Å²) in [7, 11) is 0.